The molecular formula is C14H22N2. The first kappa shape index (κ1) is 11.6. The quantitative estimate of drug-likeness (QED) is 0.840. The molecule has 1 fully saturated rings. The van der Waals surface area contributed by atoms with Gasteiger partial charge in [0.25, 0.3) is 0 Å². The molecule has 0 bridgehead atoms. The number of aromatic nitrogens is 1. The Kier molecular flexibility index (Phi) is 3.29. The molecule has 1 aliphatic carbocycles. The highest BCUT2D eigenvalue weighted by Crippen LogP contribution is 2.48. The Morgan fingerprint density at radius 3 is 2.56 bits per heavy atom. The zero-order valence-electron chi connectivity index (χ0n) is 10.5. The van der Waals surface area contributed by atoms with Crippen LogP contribution >= 0.6 is 0 Å². The minimum atomic E-state index is 0.354. The molecule has 16 heavy (non-hydrogen) atoms. The van der Waals surface area contributed by atoms with E-state index in [4.69, 9.17) is 0 Å². The van der Waals surface area contributed by atoms with Gasteiger partial charge in [-0.15, -0.1) is 0 Å². The Bertz CT molecular complexity index is 334. The third-order valence-electron chi connectivity index (χ3n) is 4.05. The van der Waals surface area contributed by atoms with Crippen LogP contribution in [0.4, 0.5) is 0 Å². The van der Waals surface area contributed by atoms with Crippen molar-refractivity contribution in [1.29, 1.82) is 0 Å². The highest BCUT2D eigenvalue weighted by atomic mass is 14.9. The van der Waals surface area contributed by atoms with Crippen LogP contribution in [0.5, 0.6) is 0 Å². The molecular weight excluding hydrogens is 196 g/mol. The maximum absolute atomic E-state index is 4.12. The van der Waals surface area contributed by atoms with Crippen LogP contribution in [0.25, 0.3) is 0 Å². The lowest BCUT2D eigenvalue weighted by Crippen LogP contribution is -2.51. The number of nitrogens with zero attached hydrogens (tertiary/aromatic N) is 1. The summed E-state index contributed by atoms with van der Waals surface area (Å²) in [6.07, 6.45) is 6.48. The van der Waals surface area contributed by atoms with Gasteiger partial charge >= 0.3 is 0 Å². The SMILES string of the molecule is CC(C)NCC1(c2ccncc2)CCC1C. The Hall–Kier alpha value is -0.890. The zero-order valence-corrected chi connectivity index (χ0v) is 10.5. The summed E-state index contributed by atoms with van der Waals surface area (Å²) < 4.78 is 0. The molecule has 0 aromatic carbocycles. The fourth-order valence-corrected chi connectivity index (χ4v) is 2.65. The average molecular weight is 218 g/mol. The molecule has 1 saturated carbocycles. The van der Waals surface area contributed by atoms with Gasteiger partial charge in [-0.25, -0.2) is 0 Å². The molecule has 2 atom stereocenters. The van der Waals surface area contributed by atoms with Gasteiger partial charge in [-0.3, -0.25) is 4.98 Å². The molecule has 2 unspecified atom stereocenters. The third-order valence-corrected chi connectivity index (χ3v) is 4.05. The second-order valence-electron chi connectivity index (χ2n) is 5.37. The van der Waals surface area contributed by atoms with Crippen molar-refractivity contribution in [1.82, 2.24) is 10.3 Å². The van der Waals surface area contributed by atoms with Gasteiger partial charge in [0.2, 0.25) is 0 Å². The summed E-state index contributed by atoms with van der Waals surface area (Å²) >= 11 is 0. The molecule has 1 N–H and O–H groups in total. The molecule has 1 aliphatic rings. The molecule has 0 saturated heterocycles. The molecule has 2 rings (SSSR count). The number of hydrogen-bond acceptors (Lipinski definition) is 2. The summed E-state index contributed by atoms with van der Waals surface area (Å²) in [5, 5.41) is 3.60. The van der Waals surface area contributed by atoms with Crippen LogP contribution in [0.15, 0.2) is 24.5 Å². The van der Waals surface area contributed by atoms with Crippen LogP contribution in [0.2, 0.25) is 0 Å². The predicted molar refractivity (Wildman–Crippen MR) is 67.5 cm³/mol. The van der Waals surface area contributed by atoms with Crippen LogP contribution in [0, 0.1) is 5.92 Å². The number of pyridine rings is 1. The molecule has 0 radical (unpaired) electrons. The number of hydrogen-bond donors (Lipinski definition) is 1. The predicted octanol–water partition coefficient (Wildman–Crippen LogP) is 2.75. The van der Waals surface area contributed by atoms with E-state index in [1.807, 2.05) is 12.4 Å². The van der Waals surface area contributed by atoms with Gasteiger partial charge in [-0.1, -0.05) is 20.8 Å². The molecule has 1 aromatic heterocycles. The van der Waals surface area contributed by atoms with E-state index in [0.29, 0.717) is 11.5 Å². The smallest absolute Gasteiger partial charge is 0.0270 e. The Morgan fingerprint density at radius 1 is 1.44 bits per heavy atom. The van der Waals surface area contributed by atoms with E-state index in [1.54, 1.807) is 0 Å². The standard InChI is InChI=1S/C14H22N2/c1-11(2)16-10-14(7-4-12(14)3)13-5-8-15-9-6-13/h5-6,8-9,11-12,16H,4,7,10H2,1-3H3. The highest BCUT2D eigenvalue weighted by Gasteiger charge is 2.44. The van der Waals surface area contributed by atoms with E-state index < -0.39 is 0 Å². The lowest BCUT2D eigenvalue weighted by atomic mass is 9.57. The molecule has 2 nitrogen and oxygen atoms in total. The third kappa shape index (κ3) is 1.99. The summed E-state index contributed by atoms with van der Waals surface area (Å²) in [7, 11) is 0. The molecule has 0 spiro atoms. The number of nitrogens with one attached hydrogen (secondary N) is 1. The van der Waals surface area contributed by atoms with E-state index in [2.05, 4.69) is 43.2 Å². The van der Waals surface area contributed by atoms with Gasteiger partial charge in [0.15, 0.2) is 0 Å². The molecule has 0 amide bonds. The first-order valence-corrected chi connectivity index (χ1v) is 6.29. The van der Waals surface area contributed by atoms with Crippen molar-refractivity contribution in [2.75, 3.05) is 6.54 Å². The van der Waals surface area contributed by atoms with Crippen LogP contribution in [0.3, 0.4) is 0 Å². The Labute approximate surface area is 98.5 Å². The van der Waals surface area contributed by atoms with Gasteiger partial charge in [-0.05, 0) is 36.5 Å². The summed E-state index contributed by atoms with van der Waals surface area (Å²) in [4.78, 5) is 4.12. The molecule has 2 heteroatoms. The van der Waals surface area contributed by atoms with E-state index in [1.165, 1.54) is 18.4 Å². The zero-order chi connectivity index (χ0) is 11.6. The van der Waals surface area contributed by atoms with Crippen molar-refractivity contribution in [3.63, 3.8) is 0 Å². The van der Waals surface area contributed by atoms with Gasteiger partial charge in [0.05, 0.1) is 0 Å². The van der Waals surface area contributed by atoms with Gasteiger partial charge < -0.3 is 5.32 Å². The van der Waals surface area contributed by atoms with Crippen LogP contribution in [0.1, 0.15) is 39.2 Å². The summed E-state index contributed by atoms with van der Waals surface area (Å²) in [5.74, 6) is 0.779. The van der Waals surface area contributed by atoms with Gasteiger partial charge in [0.1, 0.15) is 0 Å². The first-order chi connectivity index (χ1) is 7.65. The minimum Gasteiger partial charge on any atom is -0.314 e. The van der Waals surface area contributed by atoms with Crippen molar-refractivity contribution < 1.29 is 0 Å². The molecule has 1 heterocycles. The fourth-order valence-electron chi connectivity index (χ4n) is 2.65. The first-order valence-electron chi connectivity index (χ1n) is 6.29. The highest BCUT2D eigenvalue weighted by molar-refractivity contribution is 5.28. The van der Waals surface area contributed by atoms with Crippen molar-refractivity contribution >= 4 is 0 Å². The second kappa shape index (κ2) is 4.54. The van der Waals surface area contributed by atoms with E-state index in [9.17, 15) is 0 Å². The number of rotatable bonds is 4. The lowest BCUT2D eigenvalue weighted by Gasteiger charge is -2.49. The Morgan fingerprint density at radius 2 is 2.12 bits per heavy atom. The topological polar surface area (TPSA) is 24.9 Å². The fraction of sp³-hybridized carbons (Fsp3) is 0.643. The van der Waals surface area contributed by atoms with Crippen molar-refractivity contribution in [2.24, 2.45) is 5.92 Å². The van der Waals surface area contributed by atoms with Crippen molar-refractivity contribution in [3.05, 3.63) is 30.1 Å². The van der Waals surface area contributed by atoms with Crippen LogP contribution in [-0.4, -0.2) is 17.6 Å². The van der Waals surface area contributed by atoms with Crippen molar-refractivity contribution in [3.8, 4) is 0 Å². The van der Waals surface area contributed by atoms with E-state index >= 15 is 0 Å². The largest absolute Gasteiger partial charge is 0.314 e. The summed E-state index contributed by atoms with van der Waals surface area (Å²) in [6, 6.07) is 4.92. The van der Waals surface area contributed by atoms with Crippen LogP contribution in [-0.2, 0) is 5.41 Å². The summed E-state index contributed by atoms with van der Waals surface area (Å²) in [6.45, 7) is 7.88. The molecule has 88 valence electrons. The summed E-state index contributed by atoms with van der Waals surface area (Å²) in [5.41, 5.74) is 1.81. The van der Waals surface area contributed by atoms with E-state index in [-0.39, 0.29) is 0 Å². The normalized spacial score (nSPS) is 29.1. The Balaban J connectivity index is 2.17. The molecule has 1 aromatic rings. The lowest BCUT2D eigenvalue weighted by molar-refractivity contribution is 0.131. The monoisotopic (exact) mass is 218 g/mol. The molecule has 0 aliphatic heterocycles. The second-order valence-corrected chi connectivity index (χ2v) is 5.37. The van der Waals surface area contributed by atoms with Crippen LogP contribution < -0.4 is 5.32 Å². The maximum atomic E-state index is 4.12. The van der Waals surface area contributed by atoms with Gasteiger partial charge in [0, 0.05) is 30.4 Å². The van der Waals surface area contributed by atoms with Gasteiger partial charge in [-0.2, -0.15) is 0 Å². The maximum Gasteiger partial charge on any atom is 0.0270 e. The minimum absolute atomic E-state index is 0.354. The van der Waals surface area contributed by atoms with E-state index in [0.717, 1.165) is 12.5 Å². The van der Waals surface area contributed by atoms with Crippen molar-refractivity contribution in [2.45, 2.75) is 45.1 Å². The average Bonchev–Trinajstić information content (AvgIpc) is 2.29.